The van der Waals surface area contributed by atoms with Gasteiger partial charge in [0.05, 0.1) is 0 Å². The normalized spacial score (nSPS) is 17.9. The average Bonchev–Trinajstić information content (AvgIpc) is 2.90. The lowest BCUT2D eigenvalue weighted by Crippen LogP contribution is -2.33. The number of hydrogen-bond acceptors (Lipinski definition) is 2. The van der Waals surface area contributed by atoms with Gasteiger partial charge >= 0.3 is 0 Å². The van der Waals surface area contributed by atoms with E-state index in [1.807, 2.05) is 19.2 Å². The molecule has 2 rings (SSSR count). The quantitative estimate of drug-likeness (QED) is 0.924. The van der Waals surface area contributed by atoms with Crippen molar-refractivity contribution < 1.29 is 4.79 Å². The number of halogens is 1. The summed E-state index contributed by atoms with van der Waals surface area (Å²) in [4.78, 5) is 14.1. The van der Waals surface area contributed by atoms with Gasteiger partial charge in [-0.05, 0) is 43.0 Å². The van der Waals surface area contributed by atoms with Crippen molar-refractivity contribution in [1.29, 1.82) is 0 Å². The van der Waals surface area contributed by atoms with Gasteiger partial charge in [-0.3, -0.25) is 4.79 Å². The van der Waals surface area contributed by atoms with E-state index in [1.54, 1.807) is 4.90 Å². The molecule has 0 bridgehead atoms. The third kappa shape index (κ3) is 4.22. The summed E-state index contributed by atoms with van der Waals surface area (Å²) in [6, 6.07) is 8.63. The van der Waals surface area contributed by atoms with Crippen molar-refractivity contribution in [3.63, 3.8) is 0 Å². The van der Waals surface area contributed by atoms with Crippen molar-refractivity contribution in [1.82, 2.24) is 5.32 Å². The van der Waals surface area contributed by atoms with Crippen LogP contribution in [0.3, 0.4) is 0 Å². The van der Waals surface area contributed by atoms with Crippen LogP contribution < -0.4 is 10.2 Å². The zero-order valence-electron chi connectivity index (χ0n) is 12.6. The van der Waals surface area contributed by atoms with Crippen molar-refractivity contribution in [2.45, 2.75) is 45.1 Å². The Kier molecular flexibility index (Phi) is 6.50. The van der Waals surface area contributed by atoms with Gasteiger partial charge in [-0.2, -0.15) is 0 Å². The molecule has 1 aromatic carbocycles. The van der Waals surface area contributed by atoms with Crippen LogP contribution in [0.25, 0.3) is 0 Å². The molecule has 3 nitrogen and oxygen atoms in total. The third-order valence-electron chi connectivity index (χ3n) is 3.88. The molecule has 1 aliphatic heterocycles. The zero-order chi connectivity index (χ0) is 13.8. The first-order chi connectivity index (χ1) is 9.08. The van der Waals surface area contributed by atoms with Crippen LogP contribution >= 0.6 is 12.4 Å². The monoisotopic (exact) mass is 296 g/mol. The lowest BCUT2D eigenvalue weighted by Gasteiger charge is -2.21. The van der Waals surface area contributed by atoms with E-state index in [9.17, 15) is 4.79 Å². The molecule has 0 radical (unpaired) electrons. The summed E-state index contributed by atoms with van der Waals surface area (Å²) in [6.07, 6.45) is 2.90. The summed E-state index contributed by atoms with van der Waals surface area (Å²) in [5.41, 5.74) is 2.27. The maximum absolute atomic E-state index is 12.3. The maximum atomic E-state index is 12.3. The van der Waals surface area contributed by atoms with Crippen LogP contribution in [0.1, 0.15) is 44.6 Å². The summed E-state index contributed by atoms with van der Waals surface area (Å²) < 4.78 is 0. The van der Waals surface area contributed by atoms with Crippen molar-refractivity contribution >= 4 is 24.0 Å². The van der Waals surface area contributed by atoms with Crippen LogP contribution in [0, 0.1) is 0 Å². The van der Waals surface area contributed by atoms with E-state index >= 15 is 0 Å². The second kappa shape index (κ2) is 7.65. The lowest BCUT2D eigenvalue weighted by molar-refractivity contribution is -0.118. The van der Waals surface area contributed by atoms with Gasteiger partial charge in [0, 0.05) is 25.2 Å². The minimum absolute atomic E-state index is 0. The Labute approximate surface area is 128 Å². The Morgan fingerprint density at radius 3 is 2.80 bits per heavy atom. The molecule has 1 amide bonds. The number of carbonyl (C=O) groups is 1. The molecular formula is C16H25ClN2O. The van der Waals surface area contributed by atoms with Gasteiger partial charge in [0.2, 0.25) is 5.91 Å². The standard InChI is InChI=1S/C16H24N2O.ClH/c1-12(2)13-6-4-8-15(10-13)18(3)16(19)11-14-7-5-9-17-14;/h4,6,8,10,12,14,17H,5,7,9,11H2,1-3H3;1H. The first-order valence-electron chi connectivity index (χ1n) is 7.18. The SMILES string of the molecule is CC(C)c1cccc(N(C)C(=O)CC2CCCN2)c1.Cl. The van der Waals surface area contributed by atoms with E-state index < -0.39 is 0 Å². The minimum atomic E-state index is 0. The highest BCUT2D eigenvalue weighted by Crippen LogP contribution is 2.22. The van der Waals surface area contributed by atoms with E-state index in [0.717, 1.165) is 18.7 Å². The number of nitrogens with zero attached hydrogens (tertiary/aromatic N) is 1. The van der Waals surface area contributed by atoms with Crippen LogP contribution in [0.5, 0.6) is 0 Å². The topological polar surface area (TPSA) is 32.3 Å². The number of amides is 1. The average molecular weight is 297 g/mol. The summed E-state index contributed by atoms with van der Waals surface area (Å²) in [5.74, 6) is 0.681. The number of rotatable bonds is 4. The van der Waals surface area contributed by atoms with E-state index in [0.29, 0.717) is 18.4 Å². The van der Waals surface area contributed by atoms with Gasteiger partial charge in [0.25, 0.3) is 0 Å². The van der Waals surface area contributed by atoms with Gasteiger partial charge in [0.1, 0.15) is 0 Å². The molecule has 0 saturated carbocycles. The van der Waals surface area contributed by atoms with Crippen LogP contribution in [0.15, 0.2) is 24.3 Å². The Morgan fingerprint density at radius 2 is 2.20 bits per heavy atom. The number of nitrogens with one attached hydrogen (secondary N) is 1. The predicted octanol–water partition coefficient (Wildman–Crippen LogP) is 3.34. The number of carbonyl (C=O) groups excluding carboxylic acids is 1. The summed E-state index contributed by atoms with van der Waals surface area (Å²) in [7, 11) is 1.87. The summed E-state index contributed by atoms with van der Waals surface area (Å²) in [6.45, 7) is 5.39. The summed E-state index contributed by atoms with van der Waals surface area (Å²) in [5, 5.41) is 3.38. The fourth-order valence-electron chi connectivity index (χ4n) is 2.52. The highest BCUT2D eigenvalue weighted by molar-refractivity contribution is 5.93. The van der Waals surface area contributed by atoms with Crippen LogP contribution in [0.4, 0.5) is 5.69 Å². The number of hydrogen-bond donors (Lipinski definition) is 1. The molecule has 1 unspecified atom stereocenters. The first-order valence-corrected chi connectivity index (χ1v) is 7.18. The Bertz CT molecular complexity index is 442. The molecule has 0 spiro atoms. The Morgan fingerprint density at radius 1 is 1.45 bits per heavy atom. The van der Waals surface area contributed by atoms with E-state index in [1.165, 1.54) is 12.0 Å². The second-order valence-corrected chi connectivity index (χ2v) is 5.70. The van der Waals surface area contributed by atoms with Gasteiger partial charge in [0.15, 0.2) is 0 Å². The molecule has 1 aliphatic rings. The van der Waals surface area contributed by atoms with Crippen molar-refractivity contribution in [2.75, 3.05) is 18.5 Å². The van der Waals surface area contributed by atoms with Crippen LogP contribution in [-0.2, 0) is 4.79 Å². The molecule has 0 aliphatic carbocycles. The van der Waals surface area contributed by atoms with Gasteiger partial charge in [-0.25, -0.2) is 0 Å². The molecule has 1 saturated heterocycles. The summed E-state index contributed by atoms with van der Waals surface area (Å²) >= 11 is 0. The molecule has 20 heavy (non-hydrogen) atoms. The van der Waals surface area contributed by atoms with Gasteiger partial charge in [-0.15, -0.1) is 12.4 Å². The van der Waals surface area contributed by atoms with Crippen LogP contribution in [-0.4, -0.2) is 25.5 Å². The molecule has 112 valence electrons. The molecule has 1 heterocycles. The highest BCUT2D eigenvalue weighted by Gasteiger charge is 2.20. The molecule has 1 aromatic rings. The van der Waals surface area contributed by atoms with Crippen molar-refractivity contribution in [3.05, 3.63) is 29.8 Å². The minimum Gasteiger partial charge on any atom is -0.315 e. The fraction of sp³-hybridized carbons (Fsp3) is 0.562. The fourth-order valence-corrected chi connectivity index (χ4v) is 2.52. The van der Waals surface area contributed by atoms with E-state index in [2.05, 4.69) is 31.3 Å². The molecule has 1 fully saturated rings. The Balaban J connectivity index is 0.00000200. The van der Waals surface area contributed by atoms with Gasteiger partial charge in [-0.1, -0.05) is 26.0 Å². The van der Waals surface area contributed by atoms with Gasteiger partial charge < -0.3 is 10.2 Å². The second-order valence-electron chi connectivity index (χ2n) is 5.70. The smallest absolute Gasteiger partial charge is 0.228 e. The molecule has 0 aromatic heterocycles. The van der Waals surface area contributed by atoms with E-state index in [-0.39, 0.29) is 18.3 Å². The largest absolute Gasteiger partial charge is 0.315 e. The zero-order valence-corrected chi connectivity index (χ0v) is 13.4. The lowest BCUT2D eigenvalue weighted by atomic mass is 10.0. The molecule has 4 heteroatoms. The van der Waals surface area contributed by atoms with Crippen LogP contribution in [0.2, 0.25) is 0 Å². The molecule has 1 N–H and O–H groups in total. The Hall–Kier alpha value is -1.06. The third-order valence-corrected chi connectivity index (χ3v) is 3.88. The first kappa shape index (κ1) is 17.0. The predicted molar refractivity (Wildman–Crippen MR) is 86.8 cm³/mol. The maximum Gasteiger partial charge on any atom is 0.228 e. The van der Waals surface area contributed by atoms with Crippen molar-refractivity contribution in [3.8, 4) is 0 Å². The highest BCUT2D eigenvalue weighted by atomic mass is 35.5. The number of anilines is 1. The number of benzene rings is 1. The van der Waals surface area contributed by atoms with Crippen molar-refractivity contribution in [2.24, 2.45) is 0 Å². The molecular weight excluding hydrogens is 272 g/mol. The van der Waals surface area contributed by atoms with E-state index in [4.69, 9.17) is 0 Å². The molecule has 1 atom stereocenters.